The molecule has 6 heteroatoms. The van der Waals surface area contributed by atoms with E-state index >= 15 is 0 Å². The van der Waals surface area contributed by atoms with Gasteiger partial charge in [-0.25, -0.2) is 0 Å². The number of carboxylic acid groups (broad SMARTS) is 1. The van der Waals surface area contributed by atoms with Gasteiger partial charge in [0.2, 0.25) is 0 Å². The first-order valence-corrected chi connectivity index (χ1v) is 7.14. The quantitative estimate of drug-likeness (QED) is 0.771. The van der Waals surface area contributed by atoms with Gasteiger partial charge in [0, 0.05) is 0 Å². The Balaban J connectivity index is 0.000000217. The van der Waals surface area contributed by atoms with Crippen LogP contribution in [0.1, 0.15) is 33.6 Å². The molecule has 0 aromatic rings. The van der Waals surface area contributed by atoms with Crippen molar-refractivity contribution >= 4 is 11.9 Å². The minimum absolute atomic E-state index is 0.109. The molecule has 0 unspecified atom stereocenters. The minimum atomic E-state index is -0.718. The molecule has 6 nitrogen and oxygen atoms in total. The first-order chi connectivity index (χ1) is 9.26. The van der Waals surface area contributed by atoms with Crippen LogP contribution < -0.4 is 0 Å². The fourth-order valence-electron chi connectivity index (χ4n) is 1.83. The fourth-order valence-corrected chi connectivity index (χ4v) is 1.83. The van der Waals surface area contributed by atoms with Crippen molar-refractivity contribution in [2.75, 3.05) is 39.3 Å². The van der Waals surface area contributed by atoms with Gasteiger partial charge in [0.25, 0.3) is 0 Å². The van der Waals surface area contributed by atoms with Gasteiger partial charge in [-0.3, -0.25) is 19.4 Å². The lowest BCUT2D eigenvalue weighted by molar-refractivity contribution is -0.157. The van der Waals surface area contributed by atoms with Crippen LogP contribution in [-0.4, -0.2) is 71.7 Å². The first-order valence-electron chi connectivity index (χ1n) is 7.14. The lowest BCUT2D eigenvalue weighted by Gasteiger charge is -2.30. The molecule has 0 atom stereocenters. The summed E-state index contributed by atoms with van der Waals surface area (Å²) < 4.78 is 5.16. The Bertz CT molecular complexity index is 331. The lowest BCUT2D eigenvalue weighted by atomic mass is 10.2. The van der Waals surface area contributed by atoms with Gasteiger partial charge in [0.15, 0.2) is 0 Å². The summed E-state index contributed by atoms with van der Waals surface area (Å²) in [5.41, 5.74) is -0.345. The van der Waals surface area contributed by atoms with E-state index in [2.05, 4.69) is 4.90 Å². The standard InChI is InChI=1S/C9H17NO2.C5H9NO2/c1-9(2,3)12-8(11)7-10-5-4-6-10;7-5(8)4-6-2-1-3-6/h4-7H2,1-3H3;1-4H2,(H,7,8). The highest BCUT2D eigenvalue weighted by Gasteiger charge is 2.21. The van der Waals surface area contributed by atoms with Gasteiger partial charge in [-0.1, -0.05) is 0 Å². The predicted molar refractivity (Wildman–Crippen MR) is 75.6 cm³/mol. The monoisotopic (exact) mass is 286 g/mol. The summed E-state index contributed by atoms with van der Waals surface area (Å²) in [5, 5.41) is 8.21. The Kier molecular flexibility index (Phi) is 6.42. The second-order valence-electron chi connectivity index (χ2n) is 6.24. The number of carbonyl (C=O) groups is 2. The molecule has 0 radical (unpaired) electrons. The summed E-state index contributed by atoms with van der Waals surface area (Å²) in [7, 11) is 0. The molecule has 2 rings (SSSR count). The number of likely N-dealkylation sites (tertiary alicyclic amines) is 2. The van der Waals surface area contributed by atoms with Gasteiger partial charge in [0.1, 0.15) is 5.60 Å². The number of rotatable bonds is 4. The number of hydrogen-bond donors (Lipinski definition) is 1. The Morgan fingerprint density at radius 2 is 1.45 bits per heavy atom. The van der Waals surface area contributed by atoms with Crippen molar-refractivity contribution in [3.8, 4) is 0 Å². The Morgan fingerprint density at radius 3 is 1.70 bits per heavy atom. The van der Waals surface area contributed by atoms with Gasteiger partial charge < -0.3 is 9.84 Å². The fraction of sp³-hybridized carbons (Fsp3) is 0.857. The summed E-state index contributed by atoms with van der Waals surface area (Å²) in [6, 6.07) is 0. The maximum atomic E-state index is 11.2. The third-order valence-corrected chi connectivity index (χ3v) is 3.03. The van der Waals surface area contributed by atoms with Gasteiger partial charge in [0.05, 0.1) is 13.1 Å². The Labute approximate surface area is 120 Å². The Morgan fingerprint density at radius 1 is 1.00 bits per heavy atom. The molecule has 2 aliphatic heterocycles. The number of ether oxygens (including phenoxy) is 1. The van der Waals surface area contributed by atoms with Crippen LogP contribution in [0, 0.1) is 0 Å². The SMILES string of the molecule is CC(C)(C)OC(=O)CN1CCC1.O=C(O)CN1CCC1. The molecule has 1 N–H and O–H groups in total. The third kappa shape index (κ3) is 7.45. The van der Waals surface area contributed by atoms with Crippen LogP contribution in [0.25, 0.3) is 0 Å². The molecule has 2 fully saturated rings. The van der Waals surface area contributed by atoms with Crippen molar-refractivity contribution in [2.24, 2.45) is 0 Å². The van der Waals surface area contributed by atoms with Crippen molar-refractivity contribution in [3.63, 3.8) is 0 Å². The molecule has 0 amide bonds. The zero-order chi connectivity index (χ0) is 15.2. The smallest absolute Gasteiger partial charge is 0.320 e. The first kappa shape index (κ1) is 16.9. The summed E-state index contributed by atoms with van der Waals surface area (Å²) >= 11 is 0. The number of carboxylic acids is 1. The zero-order valence-electron chi connectivity index (χ0n) is 12.7. The van der Waals surface area contributed by atoms with E-state index < -0.39 is 5.97 Å². The van der Waals surface area contributed by atoms with Gasteiger partial charge in [-0.05, 0) is 59.8 Å². The normalized spacial score (nSPS) is 19.1. The number of nitrogens with zero attached hydrogens (tertiary/aromatic N) is 2. The van der Waals surface area contributed by atoms with Crippen molar-refractivity contribution < 1.29 is 19.4 Å². The number of hydrogen-bond acceptors (Lipinski definition) is 5. The van der Waals surface area contributed by atoms with E-state index in [1.807, 2.05) is 25.7 Å². The van der Waals surface area contributed by atoms with Crippen LogP contribution in [-0.2, 0) is 14.3 Å². The highest BCUT2D eigenvalue weighted by atomic mass is 16.6. The Hall–Kier alpha value is -1.14. The van der Waals surface area contributed by atoms with Crippen LogP contribution in [0.3, 0.4) is 0 Å². The second-order valence-corrected chi connectivity index (χ2v) is 6.24. The summed E-state index contributed by atoms with van der Waals surface area (Å²) in [5.74, 6) is -0.827. The molecule has 20 heavy (non-hydrogen) atoms. The van der Waals surface area contributed by atoms with Gasteiger partial charge in [-0.2, -0.15) is 0 Å². The van der Waals surface area contributed by atoms with E-state index in [1.165, 1.54) is 6.42 Å². The van der Waals surface area contributed by atoms with Crippen LogP contribution >= 0.6 is 0 Å². The highest BCUT2D eigenvalue weighted by Crippen LogP contribution is 2.10. The maximum absolute atomic E-state index is 11.2. The average molecular weight is 286 g/mol. The molecule has 0 bridgehead atoms. The average Bonchev–Trinajstić information content (AvgIpc) is 2.16. The molecule has 2 saturated heterocycles. The van der Waals surface area contributed by atoms with Crippen LogP contribution in [0.15, 0.2) is 0 Å². The largest absolute Gasteiger partial charge is 0.480 e. The van der Waals surface area contributed by atoms with Gasteiger partial charge >= 0.3 is 11.9 Å². The molecular formula is C14H26N2O4. The lowest BCUT2D eigenvalue weighted by Crippen LogP contribution is -2.42. The number of aliphatic carboxylic acids is 1. The van der Waals surface area contributed by atoms with Crippen LogP contribution in [0.2, 0.25) is 0 Å². The molecule has 0 aliphatic carbocycles. The predicted octanol–water partition coefficient (Wildman–Crippen LogP) is 0.811. The van der Waals surface area contributed by atoms with Crippen molar-refractivity contribution in [3.05, 3.63) is 0 Å². The van der Waals surface area contributed by atoms with Crippen LogP contribution in [0.5, 0.6) is 0 Å². The summed E-state index contributed by atoms with van der Waals surface area (Å²) in [6.45, 7) is 10.4. The third-order valence-electron chi connectivity index (χ3n) is 3.03. The molecule has 2 aliphatic rings. The minimum Gasteiger partial charge on any atom is -0.480 e. The van der Waals surface area contributed by atoms with E-state index in [0.717, 1.165) is 32.6 Å². The van der Waals surface area contributed by atoms with E-state index in [0.29, 0.717) is 6.54 Å². The summed E-state index contributed by atoms with van der Waals surface area (Å²) in [4.78, 5) is 25.2. The van der Waals surface area contributed by atoms with Crippen LogP contribution in [0.4, 0.5) is 0 Å². The molecule has 0 spiro atoms. The van der Waals surface area contributed by atoms with E-state index in [-0.39, 0.29) is 18.1 Å². The summed E-state index contributed by atoms with van der Waals surface area (Å²) in [6.07, 6.45) is 2.37. The van der Waals surface area contributed by atoms with E-state index in [9.17, 15) is 9.59 Å². The zero-order valence-corrected chi connectivity index (χ0v) is 12.7. The molecule has 0 saturated carbocycles. The second kappa shape index (κ2) is 7.59. The topological polar surface area (TPSA) is 70.1 Å². The van der Waals surface area contributed by atoms with Gasteiger partial charge in [-0.15, -0.1) is 0 Å². The molecular weight excluding hydrogens is 260 g/mol. The molecule has 116 valence electrons. The maximum Gasteiger partial charge on any atom is 0.320 e. The van der Waals surface area contributed by atoms with E-state index in [4.69, 9.17) is 9.84 Å². The molecule has 0 aromatic carbocycles. The van der Waals surface area contributed by atoms with E-state index in [1.54, 1.807) is 0 Å². The molecule has 0 aromatic heterocycles. The van der Waals surface area contributed by atoms with Crippen molar-refractivity contribution in [2.45, 2.75) is 39.2 Å². The number of carbonyl (C=O) groups excluding carboxylic acids is 1. The molecule has 2 heterocycles. The highest BCUT2D eigenvalue weighted by molar-refractivity contribution is 5.72. The van der Waals surface area contributed by atoms with Crippen molar-refractivity contribution in [1.29, 1.82) is 0 Å². The number of esters is 1. The van der Waals surface area contributed by atoms with Crippen molar-refractivity contribution in [1.82, 2.24) is 9.80 Å².